The van der Waals surface area contributed by atoms with Gasteiger partial charge < -0.3 is 15.4 Å². The van der Waals surface area contributed by atoms with Gasteiger partial charge in [0.2, 0.25) is 5.91 Å². The van der Waals surface area contributed by atoms with Crippen molar-refractivity contribution in [1.82, 2.24) is 20.4 Å². The molecular formula is C18H22N4O3S. The number of fused-ring (bicyclic) bond motifs is 2. The van der Waals surface area contributed by atoms with E-state index in [1.165, 1.54) is 17.8 Å². The van der Waals surface area contributed by atoms with Gasteiger partial charge in [-0.25, -0.2) is 0 Å². The van der Waals surface area contributed by atoms with Crippen LogP contribution in [0.3, 0.4) is 0 Å². The normalized spacial score (nSPS) is 27.2. The summed E-state index contributed by atoms with van der Waals surface area (Å²) in [6.07, 6.45) is 3.34. The molecule has 2 aromatic rings. The molecule has 0 bridgehead atoms. The van der Waals surface area contributed by atoms with Crippen LogP contribution >= 0.6 is 11.3 Å². The van der Waals surface area contributed by atoms with Crippen molar-refractivity contribution in [3.63, 3.8) is 0 Å². The summed E-state index contributed by atoms with van der Waals surface area (Å²) in [5.41, 5.74) is 0.817. The molecule has 8 heteroatoms. The molecule has 0 radical (unpaired) electrons. The fourth-order valence-corrected chi connectivity index (χ4v) is 5.07. The Labute approximate surface area is 155 Å². The van der Waals surface area contributed by atoms with Crippen LogP contribution in [0.2, 0.25) is 0 Å². The first-order valence-corrected chi connectivity index (χ1v) is 10.0. The summed E-state index contributed by atoms with van der Waals surface area (Å²) in [7, 11) is 1.88. The zero-order valence-electron chi connectivity index (χ0n) is 14.7. The van der Waals surface area contributed by atoms with E-state index in [2.05, 4.69) is 15.7 Å². The molecule has 1 saturated heterocycles. The Balaban J connectivity index is 1.28. The van der Waals surface area contributed by atoms with Crippen molar-refractivity contribution in [2.24, 2.45) is 24.8 Å². The van der Waals surface area contributed by atoms with E-state index in [1.54, 1.807) is 4.68 Å². The van der Waals surface area contributed by atoms with Crippen LogP contribution in [-0.4, -0.2) is 40.9 Å². The molecule has 2 amide bonds. The Morgan fingerprint density at radius 1 is 1.35 bits per heavy atom. The number of aromatic nitrogens is 2. The molecule has 2 N–H and O–H groups in total. The van der Waals surface area contributed by atoms with Crippen molar-refractivity contribution < 1.29 is 14.3 Å². The highest BCUT2D eigenvalue weighted by molar-refractivity contribution is 7.20. The van der Waals surface area contributed by atoms with Crippen LogP contribution in [0.15, 0.2) is 6.07 Å². The predicted octanol–water partition coefficient (Wildman–Crippen LogP) is 1.43. The molecule has 138 valence electrons. The average Bonchev–Trinajstić information content (AvgIpc) is 2.99. The number of hydrogen-bond donors (Lipinski definition) is 2. The van der Waals surface area contributed by atoms with Gasteiger partial charge in [0.25, 0.3) is 5.91 Å². The monoisotopic (exact) mass is 374 g/mol. The molecule has 3 heterocycles. The molecule has 2 aromatic heterocycles. The van der Waals surface area contributed by atoms with Crippen LogP contribution < -0.4 is 10.6 Å². The zero-order valence-corrected chi connectivity index (χ0v) is 15.5. The number of aryl methyl sites for hydroxylation is 1. The second-order valence-electron chi connectivity index (χ2n) is 7.61. The van der Waals surface area contributed by atoms with E-state index < -0.39 is 0 Å². The van der Waals surface area contributed by atoms with Crippen LogP contribution in [0.25, 0.3) is 10.2 Å². The lowest BCUT2D eigenvalue weighted by atomic mass is 9.93. The number of carbonyl (C=O) groups is 2. The zero-order chi connectivity index (χ0) is 17.8. The number of nitrogens with zero attached hydrogens (tertiary/aromatic N) is 2. The Hall–Kier alpha value is -1.93. The van der Waals surface area contributed by atoms with Crippen LogP contribution in [0.5, 0.6) is 0 Å². The number of hydrogen-bond acceptors (Lipinski definition) is 5. The van der Waals surface area contributed by atoms with Gasteiger partial charge in [-0.05, 0) is 37.2 Å². The summed E-state index contributed by atoms with van der Waals surface area (Å²) in [6, 6.07) is 2.23. The van der Waals surface area contributed by atoms with E-state index in [-0.39, 0.29) is 17.7 Å². The minimum Gasteiger partial charge on any atom is -0.381 e. The van der Waals surface area contributed by atoms with Crippen molar-refractivity contribution in [2.75, 3.05) is 13.2 Å². The largest absolute Gasteiger partial charge is 0.381 e. The molecule has 2 aliphatic carbocycles. The first-order valence-electron chi connectivity index (χ1n) is 9.23. The number of ether oxygens (including phenoxy) is 1. The highest BCUT2D eigenvalue weighted by Gasteiger charge is 2.57. The highest BCUT2D eigenvalue weighted by atomic mass is 32.1. The van der Waals surface area contributed by atoms with E-state index in [1.807, 2.05) is 13.1 Å². The fourth-order valence-electron chi connectivity index (χ4n) is 4.08. The van der Waals surface area contributed by atoms with Gasteiger partial charge in [0, 0.05) is 24.4 Å². The van der Waals surface area contributed by atoms with Gasteiger partial charge in [0.15, 0.2) is 0 Å². The maximum atomic E-state index is 12.4. The lowest BCUT2D eigenvalue weighted by molar-refractivity contribution is -0.123. The van der Waals surface area contributed by atoms with E-state index in [4.69, 9.17) is 4.74 Å². The maximum Gasteiger partial charge on any atom is 0.261 e. The van der Waals surface area contributed by atoms with Gasteiger partial charge in [0.1, 0.15) is 4.83 Å². The third-order valence-electron chi connectivity index (χ3n) is 5.94. The van der Waals surface area contributed by atoms with Crippen LogP contribution in [0.4, 0.5) is 0 Å². The fraction of sp³-hybridized carbons (Fsp3) is 0.611. The molecule has 26 heavy (non-hydrogen) atoms. The minimum absolute atomic E-state index is 0.00306. The van der Waals surface area contributed by atoms with E-state index in [0.717, 1.165) is 28.8 Å². The summed E-state index contributed by atoms with van der Waals surface area (Å²) >= 11 is 1.46. The van der Waals surface area contributed by atoms with Gasteiger partial charge in [-0.15, -0.1) is 11.3 Å². The molecule has 1 unspecified atom stereocenters. The second-order valence-corrected chi connectivity index (χ2v) is 8.64. The standard InChI is InChI=1S/C18H22N4O3S/c1-22-18-10(5-14(26-18)16(23)20-9-3-2-4-9)13(21-22)6-19-17(24)15-11-7-25-8-12(11)15/h5,9,11-12,15H,2-4,6-8H2,1H3,(H,19,24)(H,20,23)/t11-,12+,15?. The second kappa shape index (κ2) is 6.06. The third kappa shape index (κ3) is 2.63. The predicted molar refractivity (Wildman–Crippen MR) is 96.8 cm³/mol. The number of nitrogens with one attached hydrogen (secondary N) is 2. The van der Waals surface area contributed by atoms with E-state index in [9.17, 15) is 9.59 Å². The highest BCUT2D eigenvalue weighted by Crippen LogP contribution is 2.50. The van der Waals surface area contributed by atoms with Crippen molar-refractivity contribution in [1.29, 1.82) is 0 Å². The van der Waals surface area contributed by atoms with Gasteiger partial charge in [-0.3, -0.25) is 14.3 Å². The summed E-state index contributed by atoms with van der Waals surface area (Å²) in [5, 5.41) is 11.6. The van der Waals surface area contributed by atoms with E-state index >= 15 is 0 Å². The molecule has 5 rings (SSSR count). The number of carbonyl (C=O) groups excluding carboxylic acids is 2. The Morgan fingerprint density at radius 3 is 2.81 bits per heavy atom. The number of amides is 2. The SMILES string of the molecule is Cn1nc(CNC(=O)C2[C@H]3COC[C@@H]23)c2cc(C(=O)NC3CCC3)sc21. The van der Waals surface area contributed by atoms with Gasteiger partial charge >= 0.3 is 0 Å². The molecule has 0 spiro atoms. The lowest BCUT2D eigenvalue weighted by Gasteiger charge is -2.25. The van der Waals surface area contributed by atoms with Crippen molar-refractivity contribution in [3.05, 3.63) is 16.6 Å². The molecule has 2 saturated carbocycles. The lowest BCUT2D eigenvalue weighted by Crippen LogP contribution is -2.39. The van der Waals surface area contributed by atoms with Crippen LogP contribution in [0, 0.1) is 17.8 Å². The first kappa shape index (κ1) is 16.3. The molecule has 3 aliphatic rings. The van der Waals surface area contributed by atoms with Gasteiger partial charge in [0.05, 0.1) is 30.3 Å². The third-order valence-corrected chi connectivity index (χ3v) is 7.14. The Morgan fingerprint density at radius 2 is 2.12 bits per heavy atom. The summed E-state index contributed by atoms with van der Waals surface area (Å²) < 4.78 is 7.14. The number of rotatable bonds is 5. The molecule has 3 atom stereocenters. The average molecular weight is 374 g/mol. The minimum atomic E-state index is -0.00306. The first-order chi connectivity index (χ1) is 12.6. The van der Waals surface area contributed by atoms with Crippen LogP contribution in [-0.2, 0) is 23.1 Å². The summed E-state index contributed by atoms with van der Waals surface area (Å²) in [6.45, 7) is 1.81. The number of thiophene rings is 1. The van der Waals surface area contributed by atoms with Gasteiger partial charge in [-0.2, -0.15) is 5.10 Å². The maximum absolute atomic E-state index is 12.4. The molecular weight excluding hydrogens is 352 g/mol. The van der Waals surface area contributed by atoms with Crippen molar-refractivity contribution >= 4 is 33.4 Å². The Bertz CT molecular complexity index is 875. The van der Waals surface area contributed by atoms with E-state index in [0.29, 0.717) is 42.5 Å². The molecule has 0 aromatic carbocycles. The molecule has 7 nitrogen and oxygen atoms in total. The smallest absolute Gasteiger partial charge is 0.261 e. The van der Waals surface area contributed by atoms with Gasteiger partial charge in [-0.1, -0.05) is 0 Å². The van der Waals surface area contributed by atoms with Crippen molar-refractivity contribution in [2.45, 2.75) is 31.8 Å². The van der Waals surface area contributed by atoms with Crippen LogP contribution in [0.1, 0.15) is 34.6 Å². The quantitative estimate of drug-likeness (QED) is 0.829. The molecule has 3 fully saturated rings. The summed E-state index contributed by atoms with van der Waals surface area (Å²) in [5.74, 6) is 1.01. The summed E-state index contributed by atoms with van der Waals surface area (Å²) in [4.78, 5) is 26.4. The topological polar surface area (TPSA) is 85.2 Å². The molecule has 1 aliphatic heterocycles. The Kier molecular flexibility index (Phi) is 3.79. The van der Waals surface area contributed by atoms with Crippen molar-refractivity contribution in [3.8, 4) is 0 Å².